The molecule has 5 nitrogen and oxygen atoms in total. The van der Waals surface area contributed by atoms with Crippen molar-refractivity contribution < 1.29 is 9.21 Å². The van der Waals surface area contributed by atoms with Crippen LogP contribution in [0.15, 0.2) is 28.9 Å². The van der Waals surface area contributed by atoms with Crippen LogP contribution in [0, 0.1) is 19.8 Å². The molecule has 1 aliphatic rings. The molecule has 28 heavy (non-hydrogen) atoms. The minimum Gasteiger partial charge on any atom is -0.447 e. The van der Waals surface area contributed by atoms with Crippen LogP contribution < -0.4 is 0 Å². The lowest BCUT2D eigenvalue weighted by Gasteiger charge is -2.31. The number of carbonyl (C=O) groups is 1. The topological polar surface area (TPSA) is 49.6 Å². The molecule has 0 radical (unpaired) electrons. The number of benzene rings is 1. The van der Waals surface area contributed by atoms with Crippen LogP contribution >= 0.6 is 0 Å². The average molecular weight is 384 g/mol. The van der Waals surface area contributed by atoms with Crippen molar-refractivity contribution in [3.8, 4) is 0 Å². The van der Waals surface area contributed by atoms with Crippen molar-refractivity contribution in [2.75, 3.05) is 13.1 Å². The molecule has 0 aliphatic carbocycles. The van der Waals surface area contributed by atoms with Gasteiger partial charge in [-0.2, -0.15) is 0 Å². The fourth-order valence-electron chi connectivity index (χ4n) is 3.69. The van der Waals surface area contributed by atoms with Crippen LogP contribution in [0.25, 0.3) is 0 Å². The predicted molar refractivity (Wildman–Crippen MR) is 111 cm³/mol. The maximum Gasteiger partial charge on any atom is 0.275 e. The number of hydrogen-bond donors (Lipinski definition) is 0. The Labute approximate surface area is 168 Å². The van der Waals surface area contributed by atoms with E-state index >= 15 is 0 Å². The van der Waals surface area contributed by atoms with Gasteiger partial charge in [0.15, 0.2) is 5.69 Å². The first-order valence-corrected chi connectivity index (χ1v) is 10.4. The highest BCUT2D eigenvalue weighted by atomic mass is 16.3. The van der Waals surface area contributed by atoms with Crippen molar-refractivity contribution in [2.45, 2.75) is 66.6 Å². The van der Waals surface area contributed by atoms with Gasteiger partial charge in [-0.3, -0.25) is 9.69 Å². The Morgan fingerprint density at radius 2 is 1.89 bits per heavy atom. The van der Waals surface area contributed by atoms with Gasteiger partial charge in [0.2, 0.25) is 5.89 Å². The zero-order chi connectivity index (χ0) is 20.3. The smallest absolute Gasteiger partial charge is 0.275 e. The Morgan fingerprint density at radius 1 is 1.18 bits per heavy atom. The minimum atomic E-state index is -0.00881. The molecule has 3 rings (SSSR count). The molecule has 1 aliphatic heterocycles. The molecule has 0 saturated carbocycles. The van der Waals surface area contributed by atoms with Crippen molar-refractivity contribution in [3.63, 3.8) is 0 Å². The molecule has 1 aromatic heterocycles. The van der Waals surface area contributed by atoms with Gasteiger partial charge < -0.3 is 9.32 Å². The number of likely N-dealkylation sites (tertiary alicyclic amines) is 1. The van der Waals surface area contributed by atoms with Gasteiger partial charge in [0.05, 0.1) is 6.54 Å². The van der Waals surface area contributed by atoms with Gasteiger partial charge >= 0.3 is 0 Å². The van der Waals surface area contributed by atoms with Gasteiger partial charge in [-0.15, -0.1) is 0 Å². The van der Waals surface area contributed by atoms with Crippen molar-refractivity contribution in [3.05, 3.63) is 52.7 Å². The van der Waals surface area contributed by atoms with Crippen LogP contribution in [0.2, 0.25) is 0 Å². The maximum absolute atomic E-state index is 12.6. The first kappa shape index (κ1) is 20.6. The number of hydrogen-bond acceptors (Lipinski definition) is 4. The first-order valence-electron chi connectivity index (χ1n) is 10.4. The number of amides is 1. The summed E-state index contributed by atoms with van der Waals surface area (Å²) in [5, 5.41) is 0. The normalized spacial score (nSPS) is 15.6. The van der Waals surface area contributed by atoms with Gasteiger partial charge in [-0.1, -0.05) is 37.6 Å². The summed E-state index contributed by atoms with van der Waals surface area (Å²) in [4.78, 5) is 21.3. The Morgan fingerprint density at radius 3 is 2.57 bits per heavy atom. The Kier molecular flexibility index (Phi) is 6.55. The Bertz CT molecular complexity index is 806. The highest BCUT2D eigenvalue weighted by molar-refractivity contribution is 5.92. The van der Waals surface area contributed by atoms with Crippen molar-refractivity contribution >= 4 is 5.91 Å². The van der Waals surface area contributed by atoms with E-state index in [2.05, 4.69) is 62.7 Å². The Hall–Kier alpha value is -2.14. The lowest BCUT2D eigenvalue weighted by Crippen LogP contribution is -2.36. The monoisotopic (exact) mass is 383 g/mol. The van der Waals surface area contributed by atoms with E-state index in [1.807, 2.05) is 4.90 Å². The molecule has 0 N–H and O–H groups in total. The van der Waals surface area contributed by atoms with Gasteiger partial charge in [0.1, 0.15) is 6.26 Å². The molecule has 1 aromatic carbocycles. The van der Waals surface area contributed by atoms with Gasteiger partial charge in [-0.25, -0.2) is 4.98 Å². The second-order valence-electron chi connectivity index (χ2n) is 8.45. The standard InChI is InChI=1S/C23H33N3O2/c1-16(2)19(5)26(13-20-12-17(3)8-9-18(20)4)14-22-24-21(15-28-22)23(27)25-10-6-7-11-25/h8-9,12,15-16,19H,6-7,10-11,13-14H2,1-5H3. The summed E-state index contributed by atoms with van der Waals surface area (Å²) in [5.41, 5.74) is 4.32. The van der Waals surface area contributed by atoms with E-state index in [0.29, 0.717) is 30.1 Å². The van der Waals surface area contributed by atoms with Crippen LogP contribution in [0.3, 0.4) is 0 Å². The second kappa shape index (κ2) is 8.91. The zero-order valence-corrected chi connectivity index (χ0v) is 17.9. The van der Waals surface area contributed by atoms with Crippen LogP contribution in [-0.2, 0) is 13.1 Å². The van der Waals surface area contributed by atoms with E-state index in [0.717, 1.165) is 32.5 Å². The summed E-state index contributed by atoms with van der Waals surface area (Å²) in [6.45, 7) is 14.1. The number of oxazole rings is 1. The van der Waals surface area contributed by atoms with Crippen molar-refractivity contribution in [1.29, 1.82) is 0 Å². The summed E-state index contributed by atoms with van der Waals surface area (Å²) >= 11 is 0. The maximum atomic E-state index is 12.6. The number of rotatable bonds is 7. The van der Waals surface area contributed by atoms with E-state index in [1.165, 1.54) is 23.0 Å². The molecular weight excluding hydrogens is 350 g/mol. The minimum absolute atomic E-state index is 0.00881. The van der Waals surface area contributed by atoms with Gasteiger partial charge in [-0.05, 0) is 50.7 Å². The molecule has 1 atom stereocenters. The molecule has 152 valence electrons. The summed E-state index contributed by atoms with van der Waals surface area (Å²) in [6, 6.07) is 6.96. The molecule has 2 heterocycles. The zero-order valence-electron chi connectivity index (χ0n) is 17.9. The number of aryl methyl sites for hydroxylation is 2. The van der Waals surface area contributed by atoms with E-state index in [9.17, 15) is 4.79 Å². The molecule has 2 aromatic rings. The van der Waals surface area contributed by atoms with E-state index in [4.69, 9.17) is 4.42 Å². The number of carbonyl (C=O) groups excluding carboxylic acids is 1. The van der Waals surface area contributed by atoms with Gasteiger partial charge in [0.25, 0.3) is 5.91 Å². The van der Waals surface area contributed by atoms with Crippen molar-refractivity contribution in [1.82, 2.24) is 14.8 Å². The molecular formula is C23H33N3O2. The third-order valence-electron chi connectivity index (χ3n) is 5.92. The average Bonchev–Trinajstić information content (AvgIpc) is 3.35. The molecule has 0 bridgehead atoms. The highest BCUT2D eigenvalue weighted by Crippen LogP contribution is 2.21. The summed E-state index contributed by atoms with van der Waals surface area (Å²) in [6.07, 6.45) is 3.67. The predicted octanol–water partition coefficient (Wildman–Crippen LogP) is 4.57. The number of aromatic nitrogens is 1. The van der Waals surface area contributed by atoms with Crippen LogP contribution in [0.4, 0.5) is 0 Å². The lowest BCUT2D eigenvalue weighted by molar-refractivity contribution is 0.0786. The molecule has 1 unspecified atom stereocenters. The highest BCUT2D eigenvalue weighted by Gasteiger charge is 2.24. The fourth-order valence-corrected chi connectivity index (χ4v) is 3.69. The second-order valence-corrected chi connectivity index (χ2v) is 8.45. The quantitative estimate of drug-likeness (QED) is 0.702. The van der Waals surface area contributed by atoms with E-state index in [1.54, 1.807) is 0 Å². The number of nitrogens with zero attached hydrogens (tertiary/aromatic N) is 3. The summed E-state index contributed by atoms with van der Waals surface area (Å²) < 4.78 is 5.70. The SMILES string of the molecule is Cc1ccc(C)c(CN(Cc2nc(C(=O)N3CCCC3)co2)C(C)C(C)C)c1. The molecule has 1 saturated heterocycles. The molecule has 5 heteroatoms. The first-order chi connectivity index (χ1) is 13.3. The van der Waals surface area contributed by atoms with E-state index in [-0.39, 0.29) is 5.91 Å². The molecule has 1 amide bonds. The van der Waals surface area contributed by atoms with Crippen LogP contribution in [0.1, 0.15) is 66.7 Å². The molecule has 1 fully saturated rings. The van der Waals surface area contributed by atoms with Crippen molar-refractivity contribution in [2.24, 2.45) is 5.92 Å². The Balaban J connectivity index is 1.76. The van der Waals surface area contributed by atoms with Crippen LogP contribution in [0.5, 0.6) is 0 Å². The third-order valence-corrected chi connectivity index (χ3v) is 5.92. The largest absolute Gasteiger partial charge is 0.447 e. The molecule has 0 spiro atoms. The fraction of sp³-hybridized carbons (Fsp3) is 0.565. The summed E-state index contributed by atoms with van der Waals surface area (Å²) in [7, 11) is 0. The van der Waals surface area contributed by atoms with Gasteiger partial charge in [0, 0.05) is 25.7 Å². The van der Waals surface area contributed by atoms with Crippen LogP contribution in [-0.4, -0.2) is 39.8 Å². The lowest BCUT2D eigenvalue weighted by atomic mass is 10.0. The third kappa shape index (κ3) is 4.82. The van der Waals surface area contributed by atoms with E-state index < -0.39 is 0 Å². The summed E-state index contributed by atoms with van der Waals surface area (Å²) in [5.74, 6) is 1.11.